The fourth-order valence-corrected chi connectivity index (χ4v) is 1.52. The van der Waals surface area contributed by atoms with Crippen LogP contribution in [0.4, 0.5) is 0 Å². The van der Waals surface area contributed by atoms with Crippen molar-refractivity contribution in [2.45, 2.75) is 13.3 Å². The lowest BCUT2D eigenvalue weighted by Crippen LogP contribution is -2.06. The Morgan fingerprint density at radius 3 is 2.81 bits per heavy atom. The van der Waals surface area contributed by atoms with E-state index in [4.69, 9.17) is 5.73 Å². The van der Waals surface area contributed by atoms with Crippen LogP contribution in [0, 0.1) is 6.92 Å². The van der Waals surface area contributed by atoms with Crippen molar-refractivity contribution in [1.82, 2.24) is 15.0 Å². The summed E-state index contributed by atoms with van der Waals surface area (Å²) in [5, 5.41) is 0. The van der Waals surface area contributed by atoms with Crippen LogP contribution in [0.5, 0.6) is 0 Å². The SMILES string of the molecule is Cc1cc(CCN)nc(-c2ccccn2)n1. The monoisotopic (exact) mass is 214 g/mol. The fourth-order valence-electron chi connectivity index (χ4n) is 1.52. The van der Waals surface area contributed by atoms with Gasteiger partial charge in [0, 0.05) is 24.0 Å². The molecule has 0 saturated carbocycles. The molecule has 0 aliphatic carbocycles. The lowest BCUT2D eigenvalue weighted by Gasteiger charge is -2.04. The molecule has 0 aliphatic heterocycles. The Morgan fingerprint density at radius 2 is 2.12 bits per heavy atom. The molecule has 82 valence electrons. The van der Waals surface area contributed by atoms with Gasteiger partial charge in [-0.1, -0.05) is 6.07 Å². The van der Waals surface area contributed by atoms with E-state index in [0.717, 1.165) is 23.5 Å². The number of nitrogens with zero attached hydrogens (tertiary/aromatic N) is 3. The normalized spacial score (nSPS) is 10.4. The van der Waals surface area contributed by atoms with Crippen LogP contribution in [0.3, 0.4) is 0 Å². The molecule has 16 heavy (non-hydrogen) atoms. The Morgan fingerprint density at radius 1 is 1.25 bits per heavy atom. The third kappa shape index (κ3) is 2.41. The summed E-state index contributed by atoms with van der Waals surface area (Å²) in [6, 6.07) is 7.66. The number of hydrogen-bond acceptors (Lipinski definition) is 4. The number of nitrogens with two attached hydrogens (primary N) is 1. The van der Waals surface area contributed by atoms with Gasteiger partial charge in [-0.3, -0.25) is 4.98 Å². The van der Waals surface area contributed by atoms with Crippen molar-refractivity contribution in [3.8, 4) is 11.5 Å². The van der Waals surface area contributed by atoms with E-state index in [1.54, 1.807) is 6.20 Å². The van der Waals surface area contributed by atoms with Crippen LogP contribution >= 0.6 is 0 Å². The summed E-state index contributed by atoms with van der Waals surface area (Å²) in [6.07, 6.45) is 2.51. The summed E-state index contributed by atoms with van der Waals surface area (Å²) in [5.74, 6) is 0.670. The Bertz CT molecular complexity index is 468. The maximum Gasteiger partial charge on any atom is 0.178 e. The molecule has 2 rings (SSSR count). The van der Waals surface area contributed by atoms with Crippen LogP contribution in [0.1, 0.15) is 11.4 Å². The maximum absolute atomic E-state index is 5.52. The van der Waals surface area contributed by atoms with E-state index in [1.165, 1.54) is 0 Å². The second kappa shape index (κ2) is 4.81. The molecule has 4 heteroatoms. The third-order valence-corrected chi connectivity index (χ3v) is 2.20. The van der Waals surface area contributed by atoms with E-state index in [-0.39, 0.29) is 0 Å². The zero-order valence-corrected chi connectivity index (χ0v) is 9.22. The predicted octanol–water partition coefficient (Wildman–Crippen LogP) is 1.35. The minimum atomic E-state index is 0.595. The lowest BCUT2D eigenvalue weighted by atomic mass is 10.2. The minimum Gasteiger partial charge on any atom is -0.330 e. The molecule has 0 radical (unpaired) electrons. The summed E-state index contributed by atoms with van der Waals surface area (Å²) in [5.41, 5.74) is 8.23. The predicted molar refractivity (Wildman–Crippen MR) is 62.8 cm³/mol. The molecule has 2 heterocycles. The van der Waals surface area contributed by atoms with Crippen molar-refractivity contribution in [3.05, 3.63) is 41.9 Å². The molecular weight excluding hydrogens is 200 g/mol. The van der Waals surface area contributed by atoms with Gasteiger partial charge in [-0.2, -0.15) is 0 Å². The second-order valence-electron chi connectivity index (χ2n) is 3.58. The lowest BCUT2D eigenvalue weighted by molar-refractivity contribution is 0.902. The molecule has 2 aromatic rings. The van der Waals surface area contributed by atoms with E-state index in [9.17, 15) is 0 Å². The van der Waals surface area contributed by atoms with Gasteiger partial charge in [0.2, 0.25) is 0 Å². The molecule has 2 N–H and O–H groups in total. The summed E-state index contributed by atoms with van der Waals surface area (Å²) in [4.78, 5) is 13.0. The van der Waals surface area contributed by atoms with Gasteiger partial charge in [0.15, 0.2) is 5.82 Å². The Labute approximate surface area is 94.6 Å². The average Bonchev–Trinajstić information content (AvgIpc) is 2.30. The standard InChI is InChI=1S/C12H14N4/c1-9-8-10(5-6-13)16-12(15-9)11-4-2-3-7-14-11/h2-4,7-8H,5-6,13H2,1H3. The molecule has 2 aromatic heterocycles. The largest absolute Gasteiger partial charge is 0.330 e. The van der Waals surface area contributed by atoms with Gasteiger partial charge in [-0.15, -0.1) is 0 Å². The van der Waals surface area contributed by atoms with Gasteiger partial charge in [0.05, 0.1) is 0 Å². The van der Waals surface area contributed by atoms with Gasteiger partial charge >= 0.3 is 0 Å². The molecule has 0 atom stereocenters. The zero-order chi connectivity index (χ0) is 11.4. The van der Waals surface area contributed by atoms with Crippen molar-refractivity contribution in [1.29, 1.82) is 0 Å². The van der Waals surface area contributed by atoms with E-state index >= 15 is 0 Å². The molecule has 0 aromatic carbocycles. The Hall–Kier alpha value is -1.81. The highest BCUT2D eigenvalue weighted by Crippen LogP contribution is 2.12. The first-order valence-electron chi connectivity index (χ1n) is 5.25. The first-order chi connectivity index (χ1) is 7.79. The minimum absolute atomic E-state index is 0.595. The van der Waals surface area contributed by atoms with Crippen LogP contribution in [-0.2, 0) is 6.42 Å². The van der Waals surface area contributed by atoms with E-state index in [1.807, 2.05) is 31.2 Å². The molecule has 0 saturated heterocycles. The zero-order valence-electron chi connectivity index (χ0n) is 9.22. The number of aromatic nitrogens is 3. The van der Waals surface area contributed by atoms with Gasteiger partial charge in [-0.05, 0) is 31.7 Å². The quantitative estimate of drug-likeness (QED) is 0.837. The number of rotatable bonds is 3. The summed E-state index contributed by atoms with van der Waals surface area (Å²) in [6.45, 7) is 2.55. The van der Waals surface area contributed by atoms with Crippen molar-refractivity contribution < 1.29 is 0 Å². The van der Waals surface area contributed by atoms with Crippen molar-refractivity contribution >= 4 is 0 Å². The molecule has 0 fully saturated rings. The first-order valence-corrected chi connectivity index (χ1v) is 5.25. The maximum atomic E-state index is 5.52. The fraction of sp³-hybridized carbons (Fsp3) is 0.250. The van der Waals surface area contributed by atoms with Crippen molar-refractivity contribution in [2.24, 2.45) is 5.73 Å². The average molecular weight is 214 g/mol. The molecular formula is C12H14N4. The third-order valence-electron chi connectivity index (χ3n) is 2.20. The van der Waals surface area contributed by atoms with Gasteiger partial charge in [0.25, 0.3) is 0 Å². The van der Waals surface area contributed by atoms with Crippen LogP contribution in [0.2, 0.25) is 0 Å². The van der Waals surface area contributed by atoms with Gasteiger partial charge in [0.1, 0.15) is 5.69 Å². The van der Waals surface area contributed by atoms with Gasteiger partial charge in [-0.25, -0.2) is 9.97 Å². The first kappa shape index (κ1) is 10.7. The molecule has 0 unspecified atom stereocenters. The highest BCUT2D eigenvalue weighted by molar-refractivity contribution is 5.48. The summed E-state index contributed by atoms with van der Waals surface area (Å²) < 4.78 is 0. The summed E-state index contributed by atoms with van der Waals surface area (Å²) >= 11 is 0. The van der Waals surface area contributed by atoms with Gasteiger partial charge < -0.3 is 5.73 Å². The highest BCUT2D eigenvalue weighted by Gasteiger charge is 2.04. The summed E-state index contributed by atoms with van der Waals surface area (Å²) in [7, 11) is 0. The van der Waals surface area contributed by atoms with E-state index < -0.39 is 0 Å². The second-order valence-corrected chi connectivity index (χ2v) is 3.58. The highest BCUT2D eigenvalue weighted by atomic mass is 14.9. The molecule has 0 amide bonds. The van der Waals surface area contributed by atoms with Crippen LogP contribution < -0.4 is 5.73 Å². The number of pyridine rings is 1. The topological polar surface area (TPSA) is 64.7 Å². The smallest absolute Gasteiger partial charge is 0.178 e. The van der Waals surface area contributed by atoms with Crippen LogP contribution in [-0.4, -0.2) is 21.5 Å². The molecule has 4 nitrogen and oxygen atoms in total. The van der Waals surface area contributed by atoms with Crippen molar-refractivity contribution in [3.63, 3.8) is 0 Å². The molecule has 0 bridgehead atoms. The van der Waals surface area contributed by atoms with E-state index in [0.29, 0.717) is 12.4 Å². The number of hydrogen-bond donors (Lipinski definition) is 1. The van der Waals surface area contributed by atoms with Crippen LogP contribution in [0.25, 0.3) is 11.5 Å². The van der Waals surface area contributed by atoms with E-state index in [2.05, 4.69) is 15.0 Å². The Kier molecular flexibility index (Phi) is 3.22. The molecule has 0 spiro atoms. The van der Waals surface area contributed by atoms with Crippen LogP contribution in [0.15, 0.2) is 30.5 Å². The van der Waals surface area contributed by atoms with Crippen molar-refractivity contribution in [2.75, 3.05) is 6.54 Å². The Balaban J connectivity index is 2.41. The molecule has 0 aliphatic rings. The number of aryl methyl sites for hydroxylation is 1.